The first-order valence-corrected chi connectivity index (χ1v) is 3.66. The highest BCUT2D eigenvalue weighted by Crippen LogP contribution is 1.96. The minimum atomic E-state index is -1.10. The summed E-state index contributed by atoms with van der Waals surface area (Å²) in [5.74, 6) is 0. The zero-order chi connectivity index (χ0) is 8.85. The monoisotopic (exact) mass is 164 g/mol. The van der Waals surface area contributed by atoms with E-state index in [1.165, 1.54) is 0 Å². The standard InChI is InChI=1S/C7H16O4/c1-5(2)11-4-7(10)6(9)3-8/h5-10H,3-4H2,1-2H3. The summed E-state index contributed by atoms with van der Waals surface area (Å²) in [7, 11) is 0. The van der Waals surface area contributed by atoms with Crippen molar-refractivity contribution in [2.75, 3.05) is 13.2 Å². The Morgan fingerprint density at radius 2 is 1.73 bits per heavy atom. The predicted octanol–water partition coefficient (Wildman–Crippen LogP) is -0.875. The van der Waals surface area contributed by atoms with Gasteiger partial charge in [-0.1, -0.05) is 0 Å². The summed E-state index contributed by atoms with van der Waals surface area (Å²) in [6.07, 6.45) is -2.08. The molecule has 0 amide bonds. The second-order valence-corrected chi connectivity index (χ2v) is 2.70. The van der Waals surface area contributed by atoms with Gasteiger partial charge in [0, 0.05) is 0 Å². The normalized spacial score (nSPS) is 16.9. The first-order valence-electron chi connectivity index (χ1n) is 3.66. The lowest BCUT2D eigenvalue weighted by Gasteiger charge is -2.16. The first-order chi connectivity index (χ1) is 5.07. The van der Waals surface area contributed by atoms with Crippen molar-refractivity contribution < 1.29 is 20.1 Å². The molecule has 2 unspecified atom stereocenters. The van der Waals surface area contributed by atoms with Crippen LogP contribution >= 0.6 is 0 Å². The molecular weight excluding hydrogens is 148 g/mol. The Hall–Kier alpha value is -0.160. The van der Waals surface area contributed by atoms with Crippen molar-refractivity contribution in [3.63, 3.8) is 0 Å². The summed E-state index contributed by atoms with van der Waals surface area (Å²) < 4.78 is 5.01. The summed E-state index contributed by atoms with van der Waals surface area (Å²) in [4.78, 5) is 0. The molecular formula is C7H16O4. The van der Waals surface area contributed by atoms with E-state index in [0.717, 1.165) is 0 Å². The quantitative estimate of drug-likeness (QED) is 0.494. The molecule has 3 N–H and O–H groups in total. The second kappa shape index (κ2) is 5.49. The van der Waals surface area contributed by atoms with Gasteiger partial charge in [-0.2, -0.15) is 0 Å². The van der Waals surface area contributed by atoms with Crippen molar-refractivity contribution in [1.29, 1.82) is 0 Å². The number of rotatable bonds is 5. The van der Waals surface area contributed by atoms with Crippen molar-refractivity contribution in [3.8, 4) is 0 Å². The van der Waals surface area contributed by atoms with Gasteiger partial charge >= 0.3 is 0 Å². The highest BCUT2D eigenvalue weighted by molar-refractivity contribution is 4.64. The van der Waals surface area contributed by atoms with Crippen LogP contribution in [0.4, 0.5) is 0 Å². The van der Waals surface area contributed by atoms with E-state index in [9.17, 15) is 0 Å². The van der Waals surface area contributed by atoms with Gasteiger partial charge in [-0.15, -0.1) is 0 Å². The molecule has 11 heavy (non-hydrogen) atoms. The van der Waals surface area contributed by atoms with Gasteiger partial charge in [-0.05, 0) is 13.8 Å². The molecule has 0 radical (unpaired) electrons. The SMILES string of the molecule is CC(C)OCC(O)C(O)CO. The van der Waals surface area contributed by atoms with Gasteiger partial charge < -0.3 is 20.1 Å². The molecule has 0 saturated heterocycles. The molecule has 0 aliphatic heterocycles. The lowest BCUT2D eigenvalue weighted by atomic mass is 10.2. The van der Waals surface area contributed by atoms with Crippen LogP contribution in [0.15, 0.2) is 0 Å². The fourth-order valence-electron chi connectivity index (χ4n) is 0.524. The van der Waals surface area contributed by atoms with Crippen molar-refractivity contribution in [3.05, 3.63) is 0 Å². The fraction of sp³-hybridized carbons (Fsp3) is 1.00. The third-order valence-electron chi connectivity index (χ3n) is 1.23. The van der Waals surface area contributed by atoms with Crippen molar-refractivity contribution in [2.24, 2.45) is 0 Å². The molecule has 2 atom stereocenters. The maximum Gasteiger partial charge on any atom is 0.105 e. The maximum atomic E-state index is 9.03. The second-order valence-electron chi connectivity index (χ2n) is 2.70. The number of aliphatic hydroxyl groups excluding tert-OH is 3. The molecule has 0 aromatic heterocycles. The Morgan fingerprint density at radius 3 is 2.09 bits per heavy atom. The van der Waals surface area contributed by atoms with Crippen LogP contribution in [0.3, 0.4) is 0 Å². The summed E-state index contributed by atoms with van der Waals surface area (Å²) in [5, 5.41) is 26.3. The molecule has 0 heterocycles. The highest BCUT2D eigenvalue weighted by Gasteiger charge is 2.15. The van der Waals surface area contributed by atoms with Crippen molar-refractivity contribution in [2.45, 2.75) is 32.2 Å². The van der Waals surface area contributed by atoms with Crippen LogP contribution in [0, 0.1) is 0 Å². The molecule has 0 bridgehead atoms. The van der Waals surface area contributed by atoms with Gasteiger partial charge in [0.2, 0.25) is 0 Å². The van der Waals surface area contributed by atoms with Crippen LogP contribution < -0.4 is 0 Å². The zero-order valence-corrected chi connectivity index (χ0v) is 6.90. The summed E-state index contributed by atoms with van der Waals surface area (Å²) in [6.45, 7) is 3.28. The lowest BCUT2D eigenvalue weighted by molar-refractivity contribution is -0.0684. The minimum Gasteiger partial charge on any atom is -0.394 e. The molecule has 68 valence electrons. The average molecular weight is 164 g/mol. The van der Waals surface area contributed by atoms with E-state index in [1.54, 1.807) is 0 Å². The minimum absolute atomic E-state index is 0.0237. The van der Waals surface area contributed by atoms with Crippen LogP contribution in [0.5, 0.6) is 0 Å². The third kappa shape index (κ3) is 5.15. The van der Waals surface area contributed by atoms with E-state index < -0.39 is 18.8 Å². The van der Waals surface area contributed by atoms with E-state index in [0.29, 0.717) is 0 Å². The summed E-state index contributed by atoms with van der Waals surface area (Å²) in [5.41, 5.74) is 0. The maximum absolute atomic E-state index is 9.03. The smallest absolute Gasteiger partial charge is 0.105 e. The van der Waals surface area contributed by atoms with E-state index in [-0.39, 0.29) is 12.7 Å². The molecule has 0 aromatic carbocycles. The zero-order valence-electron chi connectivity index (χ0n) is 6.90. The predicted molar refractivity (Wildman–Crippen MR) is 40.2 cm³/mol. The summed E-state index contributed by atoms with van der Waals surface area (Å²) in [6, 6.07) is 0. The van der Waals surface area contributed by atoms with Crippen molar-refractivity contribution in [1.82, 2.24) is 0 Å². The van der Waals surface area contributed by atoms with Crippen LogP contribution in [0.2, 0.25) is 0 Å². The number of hydrogen-bond acceptors (Lipinski definition) is 4. The summed E-state index contributed by atoms with van der Waals surface area (Å²) >= 11 is 0. The molecule has 0 spiro atoms. The molecule has 4 heteroatoms. The van der Waals surface area contributed by atoms with Crippen LogP contribution in [0.25, 0.3) is 0 Å². The van der Waals surface area contributed by atoms with E-state index in [2.05, 4.69) is 0 Å². The van der Waals surface area contributed by atoms with Gasteiger partial charge in [-0.25, -0.2) is 0 Å². The van der Waals surface area contributed by atoms with Crippen LogP contribution in [0.1, 0.15) is 13.8 Å². The van der Waals surface area contributed by atoms with E-state index in [4.69, 9.17) is 20.1 Å². The molecule has 4 nitrogen and oxygen atoms in total. The van der Waals surface area contributed by atoms with Gasteiger partial charge in [0.05, 0.1) is 19.3 Å². The average Bonchev–Trinajstić information content (AvgIpc) is 1.98. The third-order valence-corrected chi connectivity index (χ3v) is 1.23. The van der Waals surface area contributed by atoms with Gasteiger partial charge in [0.25, 0.3) is 0 Å². The fourth-order valence-corrected chi connectivity index (χ4v) is 0.524. The van der Waals surface area contributed by atoms with E-state index in [1.807, 2.05) is 13.8 Å². The number of hydrogen-bond donors (Lipinski definition) is 3. The van der Waals surface area contributed by atoms with Crippen molar-refractivity contribution >= 4 is 0 Å². The number of aliphatic hydroxyl groups is 3. The Morgan fingerprint density at radius 1 is 1.18 bits per heavy atom. The Kier molecular flexibility index (Phi) is 5.41. The highest BCUT2D eigenvalue weighted by atomic mass is 16.5. The Labute approximate surface area is 66.4 Å². The number of ether oxygens (including phenoxy) is 1. The largest absolute Gasteiger partial charge is 0.394 e. The molecule has 0 aromatic rings. The molecule has 0 aliphatic carbocycles. The Balaban J connectivity index is 3.43. The molecule has 0 saturated carbocycles. The van der Waals surface area contributed by atoms with Crippen LogP contribution in [-0.2, 0) is 4.74 Å². The van der Waals surface area contributed by atoms with Crippen LogP contribution in [-0.4, -0.2) is 46.8 Å². The van der Waals surface area contributed by atoms with E-state index >= 15 is 0 Å². The topological polar surface area (TPSA) is 69.9 Å². The lowest BCUT2D eigenvalue weighted by Crippen LogP contribution is -2.34. The van der Waals surface area contributed by atoms with Gasteiger partial charge in [0.1, 0.15) is 12.2 Å². The first kappa shape index (κ1) is 10.8. The Bertz CT molecular complexity index is 94.4. The van der Waals surface area contributed by atoms with Gasteiger partial charge in [0.15, 0.2) is 0 Å². The molecule has 0 rings (SSSR count). The van der Waals surface area contributed by atoms with Gasteiger partial charge in [-0.3, -0.25) is 0 Å². The molecule has 0 aliphatic rings. The molecule has 0 fully saturated rings.